The molecular weight excluding hydrogens is 888 g/mol. The van der Waals surface area contributed by atoms with Crippen molar-refractivity contribution in [2.24, 2.45) is 17.3 Å². The molecule has 0 N–H and O–H groups in total. The first-order valence-electron chi connectivity index (χ1n) is 23.8. The first-order chi connectivity index (χ1) is 32.9. The lowest BCUT2D eigenvalue weighted by molar-refractivity contribution is -0.192. The molecule has 4 aliphatic rings. The Hall–Kier alpha value is -4.91. The summed E-state index contributed by atoms with van der Waals surface area (Å²) in [6.45, 7) is 10.5. The molecule has 0 radical (unpaired) electrons. The number of likely N-dealkylation sites (tertiary alicyclic amines) is 1. The molecule has 3 saturated heterocycles. The van der Waals surface area contributed by atoms with Crippen molar-refractivity contribution in [1.82, 2.24) is 14.6 Å². The number of hydrogen-bond acceptors (Lipinski definition) is 13. The number of carbonyl (C=O) groups excluding carboxylic acids is 3. The Morgan fingerprint density at radius 1 is 0.750 bits per heavy atom. The number of imide groups is 1. The van der Waals surface area contributed by atoms with Gasteiger partial charge in [0.2, 0.25) is 5.91 Å². The number of methoxy groups -OCH3 is 3. The number of amides is 3. The summed E-state index contributed by atoms with van der Waals surface area (Å²) in [5, 5.41) is 10.3. The predicted octanol–water partition coefficient (Wildman–Crippen LogP) is 8.35. The minimum absolute atomic E-state index is 0.0685. The fourth-order valence-electron chi connectivity index (χ4n) is 9.83. The van der Waals surface area contributed by atoms with Crippen LogP contribution in [0.1, 0.15) is 89.3 Å². The zero-order chi connectivity index (χ0) is 48.4. The van der Waals surface area contributed by atoms with Crippen LogP contribution >= 0.6 is 8.53 Å². The fourth-order valence-corrected chi connectivity index (χ4v) is 11.6. The van der Waals surface area contributed by atoms with Gasteiger partial charge in [-0.3, -0.25) is 19.2 Å². The molecule has 0 spiro atoms. The number of ether oxygens (including phenoxy) is 5. The summed E-state index contributed by atoms with van der Waals surface area (Å²) in [6.07, 6.45) is 6.73. The number of hydroxylamine groups is 2. The Kier molecular flexibility index (Phi) is 17.3. The van der Waals surface area contributed by atoms with Crippen LogP contribution in [0.25, 0.3) is 0 Å². The van der Waals surface area contributed by atoms with Crippen molar-refractivity contribution in [2.75, 3.05) is 60.8 Å². The minimum atomic E-state index is -1.56. The molecule has 68 heavy (non-hydrogen) atoms. The zero-order valence-corrected chi connectivity index (χ0v) is 41.4. The first kappa shape index (κ1) is 51.0. The van der Waals surface area contributed by atoms with Crippen molar-refractivity contribution in [3.05, 3.63) is 102 Å². The molecule has 5 unspecified atom stereocenters. The van der Waals surface area contributed by atoms with Gasteiger partial charge in [0.25, 0.3) is 20.3 Å². The SMILES string of the molecule is COc1ccc(C(OCC2(COP(OCCC#N)N(C(C)C)C(C)C)CCN(C(=O)CCCCCON3C(=O)C4C5C=CC(O5)C4C3=O)CC2)(c2ccc(OC)cc2)c2ccc(OC)cc2)cc1. The van der Waals surface area contributed by atoms with E-state index in [0.29, 0.717) is 75.5 Å². The largest absolute Gasteiger partial charge is 0.497 e. The zero-order valence-electron chi connectivity index (χ0n) is 40.5. The van der Waals surface area contributed by atoms with Crippen molar-refractivity contribution in [1.29, 1.82) is 5.26 Å². The van der Waals surface area contributed by atoms with Crippen LogP contribution in [0.5, 0.6) is 17.2 Å². The normalized spacial score (nSPS) is 21.2. The highest BCUT2D eigenvalue weighted by atomic mass is 31.2. The molecule has 16 heteroatoms. The van der Waals surface area contributed by atoms with E-state index >= 15 is 0 Å². The van der Waals surface area contributed by atoms with Crippen molar-refractivity contribution in [3.8, 4) is 23.3 Å². The molecule has 0 aromatic heterocycles. The van der Waals surface area contributed by atoms with Crippen molar-refractivity contribution in [3.63, 3.8) is 0 Å². The Bertz CT molecular complexity index is 2070. The van der Waals surface area contributed by atoms with Crippen LogP contribution in [0.3, 0.4) is 0 Å². The highest BCUT2D eigenvalue weighted by Gasteiger charge is 2.61. The van der Waals surface area contributed by atoms with Crippen LogP contribution in [0.4, 0.5) is 0 Å². The number of nitrogens with zero attached hydrogens (tertiary/aromatic N) is 4. The van der Waals surface area contributed by atoms with Gasteiger partial charge >= 0.3 is 0 Å². The number of rotatable bonds is 25. The summed E-state index contributed by atoms with van der Waals surface area (Å²) in [5.74, 6) is 0.523. The van der Waals surface area contributed by atoms with E-state index in [4.69, 9.17) is 37.6 Å². The topological polar surface area (TPSA) is 159 Å². The van der Waals surface area contributed by atoms with Crippen LogP contribution in [-0.4, -0.2) is 117 Å². The number of benzene rings is 3. The molecule has 2 bridgehead atoms. The third-order valence-corrected chi connectivity index (χ3v) is 15.6. The van der Waals surface area contributed by atoms with Crippen molar-refractivity contribution < 1.29 is 52.0 Å². The highest BCUT2D eigenvalue weighted by Crippen LogP contribution is 2.50. The first-order valence-corrected chi connectivity index (χ1v) is 24.9. The molecule has 5 atom stereocenters. The summed E-state index contributed by atoms with van der Waals surface area (Å²) < 4.78 is 45.6. The Labute approximate surface area is 402 Å². The molecule has 4 heterocycles. The van der Waals surface area contributed by atoms with E-state index in [2.05, 4.69) is 38.4 Å². The summed E-state index contributed by atoms with van der Waals surface area (Å²) >= 11 is 0. The Morgan fingerprint density at radius 3 is 1.71 bits per heavy atom. The number of nitriles is 1. The van der Waals surface area contributed by atoms with Crippen molar-refractivity contribution in [2.45, 2.75) is 103 Å². The lowest BCUT2D eigenvalue weighted by atomic mass is 9.77. The number of carbonyl (C=O) groups is 3. The van der Waals surface area contributed by atoms with Gasteiger partial charge in [0, 0.05) is 37.0 Å². The summed E-state index contributed by atoms with van der Waals surface area (Å²) in [5.41, 5.74) is 0.972. The minimum Gasteiger partial charge on any atom is -0.497 e. The van der Waals surface area contributed by atoms with Crippen LogP contribution in [0.15, 0.2) is 84.9 Å². The quantitative estimate of drug-likeness (QED) is 0.0263. The second-order valence-electron chi connectivity index (χ2n) is 18.5. The van der Waals surface area contributed by atoms with Gasteiger partial charge in [-0.05, 0) is 106 Å². The van der Waals surface area contributed by atoms with E-state index in [0.717, 1.165) is 21.8 Å². The summed E-state index contributed by atoms with van der Waals surface area (Å²) in [6, 6.07) is 26.2. The standard InChI is InChI=1S/C52H67N4O11P/c1-36(2)56(37(3)4)68(65-33-11-29-53)66-35-51(27-30-54(31-28-51)46(57)12-9-8-10-32-64-55-49(58)47-44-25-26-45(67-44)48(47)50(55)59)34-63-52(38-13-19-41(60-5)20-14-38,39-15-21-42(61-6)22-16-39)40-17-23-43(62-7)24-18-40/h13-26,36-37,44-45,47-48H,8-12,27-28,30-35H2,1-7H3. The molecule has 15 nitrogen and oxygen atoms in total. The molecule has 0 aliphatic carbocycles. The Balaban J connectivity index is 1.09. The van der Waals surface area contributed by atoms with Crippen LogP contribution < -0.4 is 14.2 Å². The van der Waals surface area contributed by atoms with E-state index in [-0.39, 0.29) is 68.3 Å². The van der Waals surface area contributed by atoms with Crippen LogP contribution in [0, 0.1) is 28.6 Å². The third kappa shape index (κ3) is 11.1. The Morgan fingerprint density at radius 2 is 1.25 bits per heavy atom. The van der Waals surface area contributed by atoms with Gasteiger partial charge in [0.05, 0.1) is 84.3 Å². The molecule has 0 saturated carbocycles. The van der Waals surface area contributed by atoms with Gasteiger partial charge in [-0.1, -0.05) is 55.0 Å². The van der Waals surface area contributed by atoms with E-state index in [1.54, 1.807) is 21.3 Å². The van der Waals surface area contributed by atoms with Crippen LogP contribution in [-0.2, 0) is 43.3 Å². The molecule has 3 fully saturated rings. The number of hydrogen-bond donors (Lipinski definition) is 0. The fraction of sp³-hybridized carbons (Fsp3) is 0.538. The van der Waals surface area contributed by atoms with Gasteiger partial charge in [0.1, 0.15) is 22.8 Å². The summed E-state index contributed by atoms with van der Waals surface area (Å²) in [7, 11) is 3.37. The molecule has 3 aromatic carbocycles. The molecule has 366 valence electrons. The lowest BCUT2D eigenvalue weighted by Gasteiger charge is -2.46. The number of piperidine rings is 1. The monoisotopic (exact) mass is 954 g/mol. The van der Waals surface area contributed by atoms with E-state index < -0.39 is 31.4 Å². The van der Waals surface area contributed by atoms with Gasteiger partial charge in [-0.2, -0.15) is 10.3 Å². The smallest absolute Gasteiger partial charge is 0.260 e. The van der Waals surface area contributed by atoms with Crippen LogP contribution in [0.2, 0.25) is 0 Å². The average Bonchev–Trinajstić information content (AvgIpc) is 4.05. The van der Waals surface area contributed by atoms with Gasteiger partial charge < -0.3 is 37.6 Å². The van der Waals surface area contributed by atoms with Gasteiger partial charge in [0.15, 0.2) is 0 Å². The van der Waals surface area contributed by atoms with E-state index in [1.165, 1.54) is 0 Å². The average molecular weight is 955 g/mol. The molecule has 7 rings (SSSR count). The molecule has 3 amide bonds. The highest BCUT2D eigenvalue weighted by molar-refractivity contribution is 7.44. The van der Waals surface area contributed by atoms with E-state index in [9.17, 15) is 19.6 Å². The maximum Gasteiger partial charge on any atom is 0.260 e. The lowest BCUT2D eigenvalue weighted by Crippen LogP contribution is -2.48. The molecule has 3 aromatic rings. The third-order valence-electron chi connectivity index (χ3n) is 13.5. The van der Waals surface area contributed by atoms with Gasteiger partial charge in [-0.15, -0.1) is 0 Å². The second kappa shape index (κ2) is 23.1. The predicted molar refractivity (Wildman–Crippen MR) is 255 cm³/mol. The maximum absolute atomic E-state index is 13.8. The van der Waals surface area contributed by atoms with Crippen molar-refractivity contribution >= 4 is 26.2 Å². The molecular formula is C52H67N4O11P. The van der Waals surface area contributed by atoms with Gasteiger partial charge in [-0.25, -0.2) is 4.67 Å². The number of unbranched alkanes of at least 4 members (excludes halogenated alkanes) is 2. The maximum atomic E-state index is 13.8. The molecule has 4 aliphatic heterocycles. The summed E-state index contributed by atoms with van der Waals surface area (Å²) in [4.78, 5) is 47.4. The second-order valence-corrected chi connectivity index (χ2v) is 19.9. The van der Waals surface area contributed by atoms with E-state index in [1.807, 2.05) is 89.8 Å². The number of fused-ring (bicyclic) bond motifs is 5.